The highest BCUT2D eigenvalue weighted by molar-refractivity contribution is 5.29. The van der Waals surface area contributed by atoms with Crippen molar-refractivity contribution < 1.29 is 4.39 Å². The molecule has 0 amide bonds. The average molecular weight is 165 g/mol. The van der Waals surface area contributed by atoms with Crippen LogP contribution >= 0.6 is 0 Å². The molecule has 0 spiro atoms. The zero-order valence-electron chi connectivity index (χ0n) is 7.10. The zero-order chi connectivity index (χ0) is 8.60. The average Bonchev–Trinajstić information content (AvgIpc) is 2.02. The molecule has 1 saturated heterocycles. The summed E-state index contributed by atoms with van der Waals surface area (Å²) in [5.41, 5.74) is 0.870. The number of rotatable bonds is 1. The molecule has 2 rings (SSSR count). The largest absolute Gasteiger partial charge is 0.310 e. The summed E-state index contributed by atoms with van der Waals surface area (Å²) in [5.74, 6) is 0. The minimum absolute atomic E-state index is 0.454. The van der Waals surface area contributed by atoms with Gasteiger partial charge in [-0.15, -0.1) is 0 Å². The first kappa shape index (κ1) is 7.74. The highest BCUT2D eigenvalue weighted by Crippen LogP contribution is 2.29. The fourth-order valence-corrected chi connectivity index (χ4v) is 1.40. The second-order valence-corrected chi connectivity index (χ2v) is 3.43. The number of benzene rings is 1. The first-order valence-electron chi connectivity index (χ1n) is 4.17. The summed E-state index contributed by atoms with van der Waals surface area (Å²) >= 11 is 0. The van der Waals surface area contributed by atoms with Crippen LogP contribution in [-0.2, 0) is 5.67 Å². The highest BCUT2D eigenvalue weighted by Gasteiger charge is 2.38. The molecule has 1 aromatic rings. The Kier molecular flexibility index (Phi) is 1.65. The van der Waals surface area contributed by atoms with Gasteiger partial charge in [0.05, 0.1) is 0 Å². The van der Waals surface area contributed by atoms with Gasteiger partial charge in [-0.2, -0.15) is 0 Å². The lowest BCUT2D eigenvalue weighted by Gasteiger charge is -2.35. The third-order valence-electron chi connectivity index (χ3n) is 2.38. The summed E-state index contributed by atoms with van der Waals surface area (Å²) in [7, 11) is 0. The lowest BCUT2D eigenvalue weighted by molar-refractivity contribution is 0.0891. The van der Waals surface area contributed by atoms with Crippen molar-refractivity contribution in [1.82, 2.24) is 5.32 Å². The van der Waals surface area contributed by atoms with Crippen LogP contribution < -0.4 is 5.32 Å². The van der Waals surface area contributed by atoms with E-state index in [1.807, 2.05) is 31.2 Å². The van der Waals surface area contributed by atoms with Crippen LogP contribution in [0.3, 0.4) is 0 Å². The number of nitrogens with one attached hydrogen (secondary N) is 1. The molecule has 1 aliphatic heterocycles. The van der Waals surface area contributed by atoms with Crippen LogP contribution in [0.15, 0.2) is 24.3 Å². The van der Waals surface area contributed by atoms with Gasteiger partial charge in [0.15, 0.2) is 5.67 Å². The molecule has 1 N–H and O–H groups in total. The Balaban J connectivity index is 2.28. The molecule has 2 heteroatoms. The third-order valence-corrected chi connectivity index (χ3v) is 2.38. The fourth-order valence-electron chi connectivity index (χ4n) is 1.40. The van der Waals surface area contributed by atoms with Crippen LogP contribution in [0, 0.1) is 6.92 Å². The Morgan fingerprint density at radius 3 is 2.25 bits per heavy atom. The summed E-state index contributed by atoms with van der Waals surface area (Å²) in [4.78, 5) is 0. The van der Waals surface area contributed by atoms with Gasteiger partial charge in [0.2, 0.25) is 0 Å². The maximum absolute atomic E-state index is 13.7. The van der Waals surface area contributed by atoms with Gasteiger partial charge in [-0.1, -0.05) is 29.8 Å². The van der Waals surface area contributed by atoms with Crippen molar-refractivity contribution in [3.8, 4) is 0 Å². The molecular weight excluding hydrogens is 153 g/mol. The van der Waals surface area contributed by atoms with Gasteiger partial charge in [-0.3, -0.25) is 0 Å². The van der Waals surface area contributed by atoms with Crippen molar-refractivity contribution in [2.45, 2.75) is 12.6 Å². The van der Waals surface area contributed by atoms with E-state index in [0.29, 0.717) is 13.1 Å². The molecule has 1 nitrogen and oxygen atoms in total. The molecular formula is C10H12FN. The minimum Gasteiger partial charge on any atom is -0.310 e. The summed E-state index contributed by atoms with van der Waals surface area (Å²) in [6.45, 7) is 2.92. The molecule has 12 heavy (non-hydrogen) atoms. The molecule has 0 radical (unpaired) electrons. The zero-order valence-corrected chi connectivity index (χ0v) is 7.10. The minimum atomic E-state index is -1.10. The van der Waals surface area contributed by atoms with E-state index in [9.17, 15) is 4.39 Å². The van der Waals surface area contributed by atoms with Gasteiger partial charge in [-0.05, 0) is 12.5 Å². The molecule has 0 unspecified atom stereocenters. The van der Waals surface area contributed by atoms with Crippen LogP contribution in [0.1, 0.15) is 11.1 Å². The topological polar surface area (TPSA) is 12.0 Å². The van der Waals surface area contributed by atoms with E-state index in [4.69, 9.17) is 0 Å². The van der Waals surface area contributed by atoms with E-state index in [1.54, 1.807) is 0 Å². The fraction of sp³-hybridized carbons (Fsp3) is 0.400. The van der Waals surface area contributed by atoms with Crippen molar-refractivity contribution in [3.63, 3.8) is 0 Å². The van der Waals surface area contributed by atoms with E-state index in [2.05, 4.69) is 5.32 Å². The second kappa shape index (κ2) is 2.56. The number of hydrogen-bond donors (Lipinski definition) is 1. The predicted molar refractivity (Wildman–Crippen MR) is 46.8 cm³/mol. The Labute approximate surface area is 71.6 Å². The number of aryl methyl sites for hydroxylation is 1. The number of halogens is 1. The van der Waals surface area contributed by atoms with Gasteiger partial charge in [0, 0.05) is 13.1 Å². The Bertz CT molecular complexity index is 274. The van der Waals surface area contributed by atoms with E-state index in [0.717, 1.165) is 5.56 Å². The van der Waals surface area contributed by atoms with Gasteiger partial charge in [-0.25, -0.2) is 4.39 Å². The molecule has 1 aliphatic rings. The van der Waals surface area contributed by atoms with E-state index < -0.39 is 5.67 Å². The Morgan fingerprint density at radius 2 is 1.83 bits per heavy atom. The first-order valence-corrected chi connectivity index (χ1v) is 4.17. The van der Waals surface area contributed by atoms with E-state index in [-0.39, 0.29) is 0 Å². The summed E-state index contributed by atoms with van der Waals surface area (Å²) < 4.78 is 13.7. The monoisotopic (exact) mass is 165 g/mol. The molecule has 1 heterocycles. The standard InChI is InChI=1S/C10H12FN/c1-8-2-4-9(5-3-8)10(11)6-12-7-10/h2-5,12H,6-7H2,1H3. The molecule has 1 fully saturated rings. The van der Waals surface area contributed by atoms with Crippen LogP contribution in [0.4, 0.5) is 4.39 Å². The maximum Gasteiger partial charge on any atom is 0.160 e. The smallest absolute Gasteiger partial charge is 0.160 e. The molecule has 0 bridgehead atoms. The number of hydrogen-bond acceptors (Lipinski definition) is 1. The summed E-state index contributed by atoms with van der Waals surface area (Å²) in [6, 6.07) is 7.65. The lowest BCUT2D eigenvalue weighted by atomic mass is 9.90. The second-order valence-electron chi connectivity index (χ2n) is 3.43. The van der Waals surface area contributed by atoms with Crippen molar-refractivity contribution in [2.24, 2.45) is 0 Å². The van der Waals surface area contributed by atoms with Crippen molar-refractivity contribution in [1.29, 1.82) is 0 Å². The van der Waals surface area contributed by atoms with Crippen molar-refractivity contribution in [2.75, 3.05) is 13.1 Å². The molecule has 0 aromatic heterocycles. The summed E-state index contributed by atoms with van der Waals surface area (Å²) in [5, 5.41) is 2.94. The van der Waals surface area contributed by atoms with Gasteiger partial charge < -0.3 is 5.32 Å². The number of alkyl halides is 1. The lowest BCUT2D eigenvalue weighted by Crippen LogP contribution is -2.53. The van der Waals surface area contributed by atoms with Crippen LogP contribution in [0.2, 0.25) is 0 Å². The third kappa shape index (κ3) is 1.12. The van der Waals surface area contributed by atoms with Crippen molar-refractivity contribution >= 4 is 0 Å². The molecule has 1 aromatic carbocycles. The Morgan fingerprint density at radius 1 is 1.25 bits per heavy atom. The van der Waals surface area contributed by atoms with E-state index in [1.165, 1.54) is 5.56 Å². The first-order chi connectivity index (χ1) is 5.71. The quantitative estimate of drug-likeness (QED) is 0.668. The molecule has 0 atom stereocenters. The van der Waals surface area contributed by atoms with Gasteiger partial charge >= 0.3 is 0 Å². The predicted octanol–water partition coefficient (Wildman–Crippen LogP) is 1.76. The van der Waals surface area contributed by atoms with Crippen LogP contribution in [-0.4, -0.2) is 13.1 Å². The molecule has 0 aliphatic carbocycles. The van der Waals surface area contributed by atoms with Crippen LogP contribution in [0.25, 0.3) is 0 Å². The van der Waals surface area contributed by atoms with Crippen LogP contribution in [0.5, 0.6) is 0 Å². The van der Waals surface area contributed by atoms with E-state index >= 15 is 0 Å². The molecule has 64 valence electrons. The van der Waals surface area contributed by atoms with Crippen molar-refractivity contribution in [3.05, 3.63) is 35.4 Å². The Hall–Kier alpha value is -0.890. The normalized spacial score (nSPS) is 20.2. The highest BCUT2D eigenvalue weighted by atomic mass is 19.1. The SMILES string of the molecule is Cc1ccc(C2(F)CNC2)cc1. The van der Waals surface area contributed by atoms with Gasteiger partial charge in [0.1, 0.15) is 0 Å². The van der Waals surface area contributed by atoms with Gasteiger partial charge in [0.25, 0.3) is 0 Å². The summed E-state index contributed by atoms with van der Waals surface area (Å²) in [6.07, 6.45) is 0. The molecule has 0 saturated carbocycles. The maximum atomic E-state index is 13.7.